The SMILES string of the molecule is c1ccc2c(c1)C(=C1c3c(c4ccccc4c4ccccc34)-c3c1c1ccccc1c1ccccc31)c1ccccc1-2. The van der Waals surface area contributed by atoms with E-state index in [-0.39, 0.29) is 0 Å². The summed E-state index contributed by atoms with van der Waals surface area (Å²) in [6.45, 7) is 0. The first-order chi connectivity index (χ1) is 20.9. The standard InChI is InChI=1S/C42H24/c1-7-19-31-25(13-1)26-14-2-8-20-32(26)37(31)42-40-35-23-11-5-17-29(35)27-15-3-9-21-33(27)38(40)39-34-22-10-4-16-28(34)30-18-6-12-24-36(30)41(39)42/h1-24H. The van der Waals surface area contributed by atoms with Crippen LogP contribution in [-0.2, 0) is 0 Å². The van der Waals surface area contributed by atoms with E-state index in [0.29, 0.717) is 0 Å². The van der Waals surface area contributed by atoms with Crippen molar-refractivity contribution in [3.05, 3.63) is 168 Å². The molecule has 8 aromatic carbocycles. The molecule has 8 aromatic rings. The molecule has 0 heteroatoms. The van der Waals surface area contributed by atoms with Gasteiger partial charge < -0.3 is 0 Å². The van der Waals surface area contributed by atoms with Crippen molar-refractivity contribution >= 4 is 54.2 Å². The minimum absolute atomic E-state index is 1.31. The predicted octanol–water partition coefficient (Wildman–Crippen LogP) is 11.3. The molecular formula is C42H24. The average molecular weight is 529 g/mol. The van der Waals surface area contributed by atoms with Gasteiger partial charge in [-0.05, 0) is 98.7 Å². The molecule has 0 aromatic heterocycles. The van der Waals surface area contributed by atoms with E-state index in [1.807, 2.05) is 0 Å². The van der Waals surface area contributed by atoms with E-state index in [1.165, 1.54) is 98.7 Å². The summed E-state index contributed by atoms with van der Waals surface area (Å²) in [5.41, 5.74) is 13.5. The van der Waals surface area contributed by atoms with Gasteiger partial charge in [-0.15, -0.1) is 0 Å². The second kappa shape index (κ2) is 8.06. The van der Waals surface area contributed by atoms with Crippen molar-refractivity contribution in [1.29, 1.82) is 0 Å². The largest absolute Gasteiger partial charge is 0.0616 e. The molecule has 0 heterocycles. The topological polar surface area (TPSA) is 0 Å². The van der Waals surface area contributed by atoms with Gasteiger partial charge in [-0.25, -0.2) is 0 Å². The van der Waals surface area contributed by atoms with Crippen LogP contribution in [0.15, 0.2) is 146 Å². The van der Waals surface area contributed by atoms with E-state index in [9.17, 15) is 0 Å². The molecule has 0 aliphatic heterocycles. The first-order valence-electron chi connectivity index (χ1n) is 14.7. The molecule has 0 saturated carbocycles. The van der Waals surface area contributed by atoms with Crippen LogP contribution in [0.1, 0.15) is 22.3 Å². The van der Waals surface area contributed by atoms with Gasteiger partial charge in [0.25, 0.3) is 0 Å². The Hall–Kier alpha value is -5.46. The first-order valence-corrected chi connectivity index (χ1v) is 14.7. The Kier molecular flexibility index (Phi) is 4.27. The van der Waals surface area contributed by atoms with E-state index in [2.05, 4.69) is 146 Å². The van der Waals surface area contributed by atoms with Crippen molar-refractivity contribution in [2.24, 2.45) is 0 Å². The van der Waals surface area contributed by atoms with Crippen molar-refractivity contribution in [2.75, 3.05) is 0 Å². The quantitative estimate of drug-likeness (QED) is 0.172. The molecule has 2 aliphatic carbocycles. The van der Waals surface area contributed by atoms with E-state index in [1.54, 1.807) is 0 Å². The van der Waals surface area contributed by atoms with Gasteiger partial charge in [0.2, 0.25) is 0 Å². The molecule has 10 rings (SSSR count). The van der Waals surface area contributed by atoms with Gasteiger partial charge in [-0.2, -0.15) is 0 Å². The van der Waals surface area contributed by atoms with Crippen molar-refractivity contribution in [3.63, 3.8) is 0 Å². The zero-order chi connectivity index (χ0) is 27.4. The fourth-order valence-electron chi connectivity index (χ4n) is 7.98. The van der Waals surface area contributed by atoms with Gasteiger partial charge in [0.05, 0.1) is 0 Å². The Morgan fingerprint density at radius 1 is 0.190 bits per heavy atom. The van der Waals surface area contributed by atoms with Crippen LogP contribution in [0.4, 0.5) is 0 Å². The monoisotopic (exact) mass is 528 g/mol. The van der Waals surface area contributed by atoms with Crippen molar-refractivity contribution < 1.29 is 0 Å². The highest BCUT2D eigenvalue weighted by atomic mass is 14.4. The smallest absolute Gasteiger partial charge is 0.0000929 e. The van der Waals surface area contributed by atoms with Crippen LogP contribution in [0.3, 0.4) is 0 Å². The van der Waals surface area contributed by atoms with E-state index in [0.717, 1.165) is 0 Å². The summed E-state index contributed by atoms with van der Waals surface area (Å²) >= 11 is 0. The minimum Gasteiger partial charge on any atom is -0.0616 e. The van der Waals surface area contributed by atoms with Crippen molar-refractivity contribution in [2.45, 2.75) is 0 Å². The second-order valence-corrected chi connectivity index (χ2v) is 11.5. The predicted molar refractivity (Wildman–Crippen MR) is 179 cm³/mol. The fourth-order valence-corrected chi connectivity index (χ4v) is 7.98. The van der Waals surface area contributed by atoms with Gasteiger partial charge >= 0.3 is 0 Å². The maximum atomic E-state index is 2.34. The highest BCUT2D eigenvalue weighted by Crippen LogP contribution is 2.60. The Balaban J connectivity index is 1.57. The highest BCUT2D eigenvalue weighted by molar-refractivity contribution is 6.35. The molecular weight excluding hydrogens is 504 g/mol. The molecule has 0 unspecified atom stereocenters. The van der Waals surface area contributed by atoms with Crippen LogP contribution in [-0.4, -0.2) is 0 Å². The van der Waals surface area contributed by atoms with E-state index < -0.39 is 0 Å². The molecule has 0 amide bonds. The summed E-state index contributed by atoms with van der Waals surface area (Å²) < 4.78 is 0. The summed E-state index contributed by atoms with van der Waals surface area (Å²) in [6, 6.07) is 54.0. The van der Waals surface area contributed by atoms with Gasteiger partial charge in [0.15, 0.2) is 0 Å². The Morgan fingerprint density at radius 3 is 0.810 bits per heavy atom. The van der Waals surface area contributed by atoms with Crippen LogP contribution in [0.25, 0.3) is 76.5 Å². The van der Waals surface area contributed by atoms with Crippen molar-refractivity contribution in [3.8, 4) is 22.3 Å². The lowest BCUT2D eigenvalue weighted by molar-refractivity contribution is 1.65. The summed E-state index contributed by atoms with van der Waals surface area (Å²) in [4.78, 5) is 0. The third-order valence-electron chi connectivity index (χ3n) is 9.55. The molecule has 42 heavy (non-hydrogen) atoms. The van der Waals surface area contributed by atoms with Gasteiger partial charge in [-0.3, -0.25) is 0 Å². The normalized spacial score (nSPS) is 13.1. The number of hydrogen-bond donors (Lipinski definition) is 0. The summed E-state index contributed by atoms with van der Waals surface area (Å²) in [5.74, 6) is 0. The lowest BCUT2D eigenvalue weighted by Gasteiger charge is -2.16. The molecule has 0 nitrogen and oxygen atoms in total. The Morgan fingerprint density at radius 2 is 0.452 bits per heavy atom. The van der Waals surface area contributed by atoms with Gasteiger partial charge in [0.1, 0.15) is 0 Å². The van der Waals surface area contributed by atoms with Crippen LogP contribution in [0, 0.1) is 0 Å². The lowest BCUT2D eigenvalue weighted by atomic mass is 9.86. The van der Waals surface area contributed by atoms with Crippen LogP contribution in [0.2, 0.25) is 0 Å². The third-order valence-corrected chi connectivity index (χ3v) is 9.55. The molecule has 0 N–H and O–H groups in total. The Labute approximate surface area is 243 Å². The number of fused-ring (bicyclic) bond motifs is 16. The summed E-state index contributed by atoms with van der Waals surface area (Å²) in [7, 11) is 0. The molecule has 0 saturated heterocycles. The molecule has 0 atom stereocenters. The zero-order valence-corrected chi connectivity index (χ0v) is 22.9. The van der Waals surface area contributed by atoms with E-state index in [4.69, 9.17) is 0 Å². The van der Waals surface area contributed by atoms with Gasteiger partial charge in [-0.1, -0.05) is 146 Å². The third kappa shape index (κ3) is 2.67. The van der Waals surface area contributed by atoms with E-state index >= 15 is 0 Å². The van der Waals surface area contributed by atoms with Crippen LogP contribution >= 0.6 is 0 Å². The van der Waals surface area contributed by atoms with Crippen molar-refractivity contribution in [1.82, 2.24) is 0 Å². The summed E-state index contributed by atoms with van der Waals surface area (Å²) in [6.07, 6.45) is 0. The highest BCUT2D eigenvalue weighted by Gasteiger charge is 2.36. The number of rotatable bonds is 0. The molecule has 0 spiro atoms. The maximum Gasteiger partial charge on any atom is -0.0000929 e. The molecule has 0 radical (unpaired) electrons. The van der Waals surface area contributed by atoms with Crippen LogP contribution in [0.5, 0.6) is 0 Å². The first kappa shape index (κ1) is 22.3. The lowest BCUT2D eigenvalue weighted by Crippen LogP contribution is -1.94. The zero-order valence-electron chi connectivity index (χ0n) is 22.9. The second-order valence-electron chi connectivity index (χ2n) is 11.5. The minimum atomic E-state index is 1.31. The molecule has 192 valence electrons. The number of hydrogen-bond acceptors (Lipinski definition) is 0. The summed E-state index contributed by atoms with van der Waals surface area (Å²) in [5, 5.41) is 10.5. The molecule has 2 aliphatic rings. The fraction of sp³-hybridized carbons (Fsp3) is 0. The molecule has 0 bridgehead atoms. The maximum absolute atomic E-state index is 2.34. The average Bonchev–Trinajstić information content (AvgIpc) is 3.59. The van der Waals surface area contributed by atoms with Gasteiger partial charge in [0, 0.05) is 0 Å². The Bertz CT molecular complexity index is 2330. The van der Waals surface area contributed by atoms with Crippen LogP contribution < -0.4 is 0 Å². The number of benzene rings is 8. The molecule has 0 fully saturated rings.